The predicted octanol–water partition coefficient (Wildman–Crippen LogP) is 3.65. The van der Waals surface area contributed by atoms with Crippen LogP contribution in [0.1, 0.15) is 0 Å². The molecule has 2 rings (SSSR count). The lowest BCUT2D eigenvalue weighted by Crippen LogP contribution is -2.06. The molecule has 2 aliphatic heterocycles. The van der Waals surface area contributed by atoms with E-state index in [4.69, 9.17) is 0 Å². The third-order valence-electron chi connectivity index (χ3n) is 1.55. The molecule has 0 radical (unpaired) electrons. The molecule has 0 spiro atoms. The smallest absolute Gasteiger partial charge is 0.0682 e. The molecule has 2 heterocycles. The fourth-order valence-electron chi connectivity index (χ4n) is 0.996. The first-order valence-electron chi connectivity index (χ1n) is 3.41. The van der Waals surface area contributed by atoms with Gasteiger partial charge >= 0.3 is 0 Å². The van der Waals surface area contributed by atoms with Crippen molar-refractivity contribution in [2.75, 3.05) is 0 Å². The van der Waals surface area contributed by atoms with Gasteiger partial charge in [0.05, 0.1) is 4.58 Å². The maximum absolute atomic E-state index is 2.28. The zero-order valence-corrected chi connectivity index (χ0v) is 8.29. The molecule has 0 aromatic heterocycles. The zero-order valence-electron chi connectivity index (χ0n) is 5.84. The van der Waals surface area contributed by atoms with Crippen molar-refractivity contribution >= 4 is 35.3 Å². The van der Waals surface area contributed by atoms with Gasteiger partial charge in [0, 0.05) is 5.92 Å². The molecule has 0 aromatic carbocycles. The number of hydrogen-bond donors (Lipinski definition) is 0. The van der Waals surface area contributed by atoms with Crippen LogP contribution in [0.3, 0.4) is 0 Å². The SMILES string of the molecule is C1=CC(C2SC=CS2)C=CS1. The number of rotatable bonds is 1. The molecule has 0 saturated heterocycles. The molecule has 0 saturated carbocycles. The van der Waals surface area contributed by atoms with Crippen molar-refractivity contribution in [3.8, 4) is 0 Å². The summed E-state index contributed by atoms with van der Waals surface area (Å²) in [7, 11) is 0. The monoisotopic (exact) mass is 200 g/mol. The average Bonchev–Trinajstić information content (AvgIpc) is 2.58. The molecule has 0 N–H and O–H groups in total. The van der Waals surface area contributed by atoms with Crippen molar-refractivity contribution in [3.63, 3.8) is 0 Å². The third kappa shape index (κ3) is 1.89. The molecule has 0 amide bonds. The van der Waals surface area contributed by atoms with Crippen LogP contribution in [0, 0.1) is 5.92 Å². The second kappa shape index (κ2) is 3.78. The van der Waals surface area contributed by atoms with E-state index in [1.165, 1.54) is 0 Å². The largest absolute Gasteiger partial charge is 0.118 e. The number of thioether (sulfide) groups is 3. The summed E-state index contributed by atoms with van der Waals surface area (Å²) in [6, 6.07) is 0. The Morgan fingerprint density at radius 3 is 2.09 bits per heavy atom. The summed E-state index contributed by atoms with van der Waals surface area (Å²) in [5.74, 6) is 0.626. The van der Waals surface area contributed by atoms with E-state index in [0.29, 0.717) is 10.5 Å². The van der Waals surface area contributed by atoms with Crippen LogP contribution in [0.4, 0.5) is 0 Å². The van der Waals surface area contributed by atoms with Crippen molar-refractivity contribution < 1.29 is 0 Å². The van der Waals surface area contributed by atoms with Gasteiger partial charge in [-0.2, -0.15) is 0 Å². The van der Waals surface area contributed by atoms with Crippen LogP contribution in [0.2, 0.25) is 0 Å². The maximum atomic E-state index is 2.28. The fourth-order valence-corrected chi connectivity index (χ4v) is 3.82. The molecule has 11 heavy (non-hydrogen) atoms. The van der Waals surface area contributed by atoms with E-state index in [1.807, 2.05) is 23.5 Å². The lowest BCUT2D eigenvalue weighted by atomic mass is 10.2. The zero-order chi connectivity index (χ0) is 7.52. The summed E-state index contributed by atoms with van der Waals surface area (Å²) in [5.41, 5.74) is 0. The van der Waals surface area contributed by atoms with Gasteiger partial charge in [0.25, 0.3) is 0 Å². The lowest BCUT2D eigenvalue weighted by molar-refractivity contribution is 0.922. The Balaban J connectivity index is 1.98. The van der Waals surface area contributed by atoms with E-state index in [2.05, 4.69) is 33.8 Å². The quantitative estimate of drug-likeness (QED) is 0.634. The Hall–Kier alpha value is 0.270. The Labute approximate surface area is 79.6 Å². The minimum Gasteiger partial charge on any atom is -0.118 e. The van der Waals surface area contributed by atoms with Crippen molar-refractivity contribution in [1.29, 1.82) is 0 Å². The Morgan fingerprint density at radius 2 is 1.45 bits per heavy atom. The molecule has 0 fully saturated rings. The standard InChI is InChI=1S/C8H8S3/c1-3-9-4-2-7(1)8-10-5-6-11-8/h1-8H. The highest BCUT2D eigenvalue weighted by atomic mass is 32.2. The van der Waals surface area contributed by atoms with Crippen LogP contribution < -0.4 is 0 Å². The van der Waals surface area contributed by atoms with Crippen LogP contribution in [0.25, 0.3) is 0 Å². The second-order valence-electron chi connectivity index (χ2n) is 2.28. The van der Waals surface area contributed by atoms with Gasteiger partial charge in [-0.3, -0.25) is 0 Å². The van der Waals surface area contributed by atoms with Gasteiger partial charge in [0.15, 0.2) is 0 Å². The molecule has 0 aliphatic carbocycles. The highest BCUT2D eigenvalue weighted by molar-refractivity contribution is 8.22. The third-order valence-corrected chi connectivity index (χ3v) is 4.77. The van der Waals surface area contributed by atoms with Crippen LogP contribution in [-0.2, 0) is 0 Å². The van der Waals surface area contributed by atoms with Gasteiger partial charge in [0.1, 0.15) is 0 Å². The van der Waals surface area contributed by atoms with E-state index in [9.17, 15) is 0 Å². The van der Waals surface area contributed by atoms with Crippen LogP contribution in [0.5, 0.6) is 0 Å². The topological polar surface area (TPSA) is 0 Å². The van der Waals surface area contributed by atoms with Crippen LogP contribution in [-0.4, -0.2) is 4.58 Å². The first-order chi connectivity index (χ1) is 5.47. The molecule has 58 valence electrons. The molecule has 0 unspecified atom stereocenters. The molecule has 0 aromatic rings. The highest BCUT2D eigenvalue weighted by Gasteiger charge is 2.19. The van der Waals surface area contributed by atoms with Gasteiger partial charge in [-0.25, -0.2) is 0 Å². The summed E-state index contributed by atoms with van der Waals surface area (Å²) in [5, 5.41) is 8.70. The van der Waals surface area contributed by atoms with E-state index in [-0.39, 0.29) is 0 Å². The molecule has 2 aliphatic rings. The van der Waals surface area contributed by atoms with Gasteiger partial charge in [0.2, 0.25) is 0 Å². The predicted molar refractivity (Wildman–Crippen MR) is 57.5 cm³/mol. The summed E-state index contributed by atoms with van der Waals surface area (Å²) >= 11 is 5.60. The number of allylic oxidation sites excluding steroid dienone is 2. The summed E-state index contributed by atoms with van der Waals surface area (Å²) in [6.07, 6.45) is 4.56. The van der Waals surface area contributed by atoms with Crippen molar-refractivity contribution in [2.24, 2.45) is 5.92 Å². The Kier molecular flexibility index (Phi) is 2.72. The van der Waals surface area contributed by atoms with E-state index in [0.717, 1.165) is 0 Å². The highest BCUT2D eigenvalue weighted by Crippen LogP contribution is 2.40. The van der Waals surface area contributed by atoms with Gasteiger partial charge in [-0.15, -0.1) is 35.3 Å². The normalized spacial score (nSPS) is 25.1. The second-order valence-corrected chi connectivity index (χ2v) is 5.50. The lowest BCUT2D eigenvalue weighted by Gasteiger charge is -2.15. The minimum atomic E-state index is 0.626. The van der Waals surface area contributed by atoms with Gasteiger partial charge < -0.3 is 0 Å². The fraction of sp³-hybridized carbons (Fsp3) is 0.250. The van der Waals surface area contributed by atoms with Crippen molar-refractivity contribution in [3.05, 3.63) is 33.8 Å². The Bertz CT molecular complexity index is 197. The average molecular weight is 200 g/mol. The summed E-state index contributed by atoms with van der Waals surface area (Å²) in [4.78, 5) is 0. The first-order valence-corrected chi connectivity index (χ1v) is 6.24. The first kappa shape index (κ1) is 7.90. The van der Waals surface area contributed by atoms with E-state index >= 15 is 0 Å². The molecule has 0 bridgehead atoms. The van der Waals surface area contributed by atoms with Crippen LogP contribution in [0.15, 0.2) is 33.8 Å². The van der Waals surface area contributed by atoms with Crippen molar-refractivity contribution in [2.45, 2.75) is 4.58 Å². The van der Waals surface area contributed by atoms with E-state index < -0.39 is 0 Å². The molecular formula is C8H8S3. The molecular weight excluding hydrogens is 192 g/mol. The van der Waals surface area contributed by atoms with Gasteiger partial charge in [-0.05, 0) is 21.6 Å². The van der Waals surface area contributed by atoms with Crippen LogP contribution >= 0.6 is 35.3 Å². The van der Waals surface area contributed by atoms with E-state index in [1.54, 1.807) is 11.8 Å². The number of hydrogen-bond acceptors (Lipinski definition) is 3. The summed E-state index contributed by atoms with van der Waals surface area (Å²) < 4.78 is 0.684. The molecule has 0 nitrogen and oxygen atoms in total. The summed E-state index contributed by atoms with van der Waals surface area (Å²) in [6.45, 7) is 0. The molecule has 3 heteroatoms. The van der Waals surface area contributed by atoms with Gasteiger partial charge in [-0.1, -0.05) is 12.2 Å². The van der Waals surface area contributed by atoms with Crippen molar-refractivity contribution in [1.82, 2.24) is 0 Å². The minimum absolute atomic E-state index is 0.626. The maximum Gasteiger partial charge on any atom is 0.0682 e. The Morgan fingerprint density at radius 1 is 0.818 bits per heavy atom. The molecule has 0 atom stereocenters.